The molecule has 0 aromatic heterocycles. The van der Waals surface area contributed by atoms with Crippen LogP contribution in [-0.2, 0) is 19.6 Å². The Morgan fingerprint density at radius 1 is 1.20 bits per heavy atom. The molecule has 1 fully saturated rings. The molecule has 162 valence electrons. The van der Waals surface area contributed by atoms with Gasteiger partial charge in [0.1, 0.15) is 5.75 Å². The van der Waals surface area contributed by atoms with Gasteiger partial charge in [0.25, 0.3) is 5.91 Å². The van der Waals surface area contributed by atoms with Gasteiger partial charge in [0.2, 0.25) is 10.0 Å². The fourth-order valence-electron chi connectivity index (χ4n) is 3.12. The average Bonchev–Trinajstić information content (AvgIpc) is 2.70. The molecule has 10 heteroatoms. The monoisotopic (exact) mass is 516 g/mol. The van der Waals surface area contributed by atoms with Gasteiger partial charge in [0.05, 0.1) is 23.1 Å². The van der Waals surface area contributed by atoms with E-state index in [1.807, 2.05) is 26.0 Å². The third-order valence-electron chi connectivity index (χ3n) is 4.63. The Labute approximate surface area is 189 Å². The summed E-state index contributed by atoms with van der Waals surface area (Å²) in [7, 11) is -3.66. The normalized spacial score (nSPS) is 15.1. The van der Waals surface area contributed by atoms with Gasteiger partial charge < -0.3 is 14.8 Å². The van der Waals surface area contributed by atoms with Gasteiger partial charge in [-0.2, -0.15) is 4.31 Å². The lowest BCUT2D eigenvalue weighted by Crippen LogP contribution is -2.40. The van der Waals surface area contributed by atoms with Gasteiger partial charge in [-0.25, -0.2) is 8.42 Å². The van der Waals surface area contributed by atoms with E-state index in [9.17, 15) is 13.2 Å². The van der Waals surface area contributed by atoms with E-state index in [-0.39, 0.29) is 28.2 Å². The zero-order valence-electron chi connectivity index (χ0n) is 16.6. The Kier molecular flexibility index (Phi) is 7.41. The minimum Gasteiger partial charge on any atom is -0.482 e. The van der Waals surface area contributed by atoms with E-state index >= 15 is 0 Å². The second kappa shape index (κ2) is 9.65. The number of aryl methyl sites for hydroxylation is 2. The molecule has 0 unspecified atom stereocenters. The quantitative estimate of drug-likeness (QED) is 0.631. The van der Waals surface area contributed by atoms with Crippen LogP contribution in [0, 0.1) is 13.8 Å². The molecule has 0 aliphatic carbocycles. The first-order chi connectivity index (χ1) is 14.2. The molecule has 1 aliphatic heterocycles. The molecule has 0 radical (unpaired) electrons. The SMILES string of the molecule is Cc1cc(Br)cc(C)c1NC(=O)COc1ccc(S(=O)(=O)N2CCOCC2)cc1Cl. The molecular weight excluding hydrogens is 496 g/mol. The number of hydrogen-bond donors (Lipinski definition) is 1. The number of carbonyl (C=O) groups is 1. The third-order valence-corrected chi connectivity index (χ3v) is 7.28. The molecule has 1 saturated heterocycles. The molecular formula is C20H22BrClN2O5S. The molecule has 7 nitrogen and oxygen atoms in total. The molecule has 1 amide bonds. The number of nitrogens with one attached hydrogen (secondary N) is 1. The Balaban J connectivity index is 1.66. The van der Waals surface area contributed by atoms with Crippen LogP contribution in [0.15, 0.2) is 39.7 Å². The van der Waals surface area contributed by atoms with Crippen LogP contribution in [0.5, 0.6) is 5.75 Å². The number of amides is 1. The highest BCUT2D eigenvalue weighted by Gasteiger charge is 2.27. The van der Waals surface area contributed by atoms with Crippen molar-refractivity contribution in [3.63, 3.8) is 0 Å². The average molecular weight is 518 g/mol. The lowest BCUT2D eigenvalue weighted by molar-refractivity contribution is -0.118. The van der Waals surface area contributed by atoms with Crippen molar-refractivity contribution in [1.82, 2.24) is 4.31 Å². The lowest BCUT2D eigenvalue weighted by atomic mass is 10.1. The summed E-state index contributed by atoms with van der Waals surface area (Å²) in [6.45, 7) is 4.86. The van der Waals surface area contributed by atoms with Gasteiger partial charge >= 0.3 is 0 Å². The Hall–Kier alpha value is -1.65. The summed E-state index contributed by atoms with van der Waals surface area (Å²) in [5, 5.41) is 2.95. The van der Waals surface area contributed by atoms with Crippen LogP contribution in [0.1, 0.15) is 11.1 Å². The number of rotatable bonds is 6. The fraction of sp³-hybridized carbons (Fsp3) is 0.350. The van der Waals surface area contributed by atoms with Gasteiger partial charge in [-0.15, -0.1) is 0 Å². The Bertz CT molecular complexity index is 1030. The molecule has 1 N–H and O–H groups in total. The van der Waals surface area contributed by atoms with Gasteiger partial charge in [-0.05, 0) is 55.3 Å². The van der Waals surface area contributed by atoms with Crippen molar-refractivity contribution >= 4 is 49.1 Å². The van der Waals surface area contributed by atoms with Crippen LogP contribution in [0.25, 0.3) is 0 Å². The summed E-state index contributed by atoms with van der Waals surface area (Å²) in [4.78, 5) is 12.4. The minimum absolute atomic E-state index is 0.0762. The topological polar surface area (TPSA) is 84.9 Å². The van der Waals surface area contributed by atoms with Crippen LogP contribution in [-0.4, -0.2) is 51.5 Å². The van der Waals surface area contributed by atoms with E-state index in [0.29, 0.717) is 26.3 Å². The second-order valence-corrected chi connectivity index (χ2v) is 10.1. The van der Waals surface area contributed by atoms with Gasteiger partial charge in [-0.3, -0.25) is 4.79 Å². The van der Waals surface area contributed by atoms with E-state index in [1.54, 1.807) is 0 Å². The number of sulfonamides is 1. The summed E-state index contributed by atoms with van der Waals surface area (Å²) in [5.74, 6) is -0.110. The smallest absolute Gasteiger partial charge is 0.262 e. The van der Waals surface area contributed by atoms with E-state index in [4.69, 9.17) is 21.1 Å². The summed E-state index contributed by atoms with van der Waals surface area (Å²) in [5.41, 5.74) is 2.57. The van der Waals surface area contributed by atoms with E-state index in [1.165, 1.54) is 22.5 Å². The molecule has 2 aromatic carbocycles. The maximum atomic E-state index is 12.7. The zero-order valence-corrected chi connectivity index (χ0v) is 19.7. The molecule has 0 saturated carbocycles. The highest BCUT2D eigenvalue weighted by atomic mass is 79.9. The molecule has 0 bridgehead atoms. The summed E-state index contributed by atoms with van der Waals surface area (Å²) in [6.07, 6.45) is 0. The van der Waals surface area contributed by atoms with Crippen LogP contribution in [0.2, 0.25) is 5.02 Å². The van der Waals surface area contributed by atoms with Gasteiger partial charge in [-0.1, -0.05) is 27.5 Å². The molecule has 1 heterocycles. The first kappa shape index (κ1) is 23.0. The van der Waals surface area contributed by atoms with Gasteiger partial charge in [0, 0.05) is 23.2 Å². The molecule has 2 aromatic rings. The largest absolute Gasteiger partial charge is 0.482 e. The number of benzene rings is 2. The summed E-state index contributed by atoms with van der Waals surface area (Å²) < 4.78 is 38.4. The zero-order chi connectivity index (χ0) is 21.9. The minimum atomic E-state index is -3.66. The number of hydrogen-bond acceptors (Lipinski definition) is 5. The molecule has 1 aliphatic rings. The predicted octanol–water partition coefficient (Wildman–Crippen LogP) is 3.76. The highest BCUT2D eigenvalue weighted by Crippen LogP contribution is 2.29. The number of ether oxygens (including phenoxy) is 2. The number of halogens is 2. The maximum absolute atomic E-state index is 12.7. The van der Waals surface area contributed by atoms with Crippen molar-refractivity contribution in [2.45, 2.75) is 18.7 Å². The Morgan fingerprint density at radius 2 is 1.83 bits per heavy atom. The van der Waals surface area contributed by atoms with Crippen LogP contribution < -0.4 is 10.1 Å². The fourth-order valence-corrected chi connectivity index (χ4v) is 5.54. The number of anilines is 1. The van der Waals surface area contributed by atoms with Crippen molar-refractivity contribution in [3.8, 4) is 5.75 Å². The molecule has 0 spiro atoms. The third kappa shape index (κ3) is 5.33. The molecule has 3 rings (SSSR count). The van der Waals surface area contributed by atoms with Crippen molar-refractivity contribution < 1.29 is 22.7 Å². The van der Waals surface area contributed by atoms with Crippen LogP contribution in [0.4, 0.5) is 5.69 Å². The van der Waals surface area contributed by atoms with E-state index in [0.717, 1.165) is 21.3 Å². The van der Waals surface area contributed by atoms with Crippen molar-refractivity contribution in [2.24, 2.45) is 0 Å². The summed E-state index contributed by atoms with van der Waals surface area (Å²) >= 11 is 9.64. The highest BCUT2D eigenvalue weighted by molar-refractivity contribution is 9.10. The van der Waals surface area contributed by atoms with E-state index < -0.39 is 10.0 Å². The molecule has 30 heavy (non-hydrogen) atoms. The summed E-state index contributed by atoms with van der Waals surface area (Å²) in [6, 6.07) is 8.04. The first-order valence-corrected chi connectivity index (χ1v) is 11.9. The number of nitrogens with zero attached hydrogens (tertiary/aromatic N) is 1. The van der Waals surface area contributed by atoms with Crippen LogP contribution in [0.3, 0.4) is 0 Å². The van der Waals surface area contributed by atoms with Crippen molar-refractivity contribution in [1.29, 1.82) is 0 Å². The standard InChI is InChI=1S/C20H22BrClN2O5S/c1-13-9-15(21)10-14(2)20(13)23-19(25)12-29-18-4-3-16(11-17(18)22)30(26,27)24-5-7-28-8-6-24/h3-4,9-11H,5-8,12H2,1-2H3,(H,23,25). The molecule has 0 atom stereocenters. The number of morpholine rings is 1. The maximum Gasteiger partial charge on any atom is 0.262 e. The van der Waals surface area contributed by atoms with E-state index in [2.05, 4.69) is 21.2 Å². The first-order valence-electron chi connectivity index (χ1n) is 9.25. The van der Waals surface area contributed by atoms with Crippen molar-refractivity contribution in [3.05, 3.63) is 51.0 Å². The second-order valence-electron chi connectivity index (χ2n) is 6.86. The number of carbonyl (C=O) groups excluding carboxylic acids is 1. The van der Waals surface area contributed by atoms with Crippen LogP contribution >= 0.6 is 27.5 Å². The predicted molar refractivity (Wildman–Crippen MR) is 119 cm³/mol. The van der Waals surface area contributed by atoms with Gasteiger partial charge in [0.15, 0.2) is 6.61 Å². The van der Waals surface area contributed by atoms with Crippen molar-refractivity contribution in [2.75, 3.05) is 38.2 Å². The lowest BCUT2D eigenvalue weighted by Gasteiger charge is -2.26. The Morgan fingerprint density at radius 3 is 2.43 bits per heavy atom.